The third kappa shape index (κ3) is 2.28. The second kappa shape index (κ2) is 4.99. The van der Waals surface area contributed by atoms with Gasteiger partial charge in [0, 0.05) is 13.2 Å². The van der Waals surface area contributed by atoms with E-state index in [1.165, 1.54) is 11.8 Å². The number of hydrogen-bond donors (Lipinski definition) is 1. The van der Waals surface area contributed by atoms with Crippen LogP contribution in [0.25, 0.3) is 0 Å². The number of pyridine rings is 1. The van der Waals surface area contributed by atoms with E-state index in [1.54, 1.807) is 12.4 Å². The fourth-order valence-corrected chi connectivity index (χ4v) is 2.51. The molecule has 0 aromatic carbocycles. The van der Waals surface area contributed by atoms with E-state index in [0.29, 0.717) is 0 Å². The van der Waals surface area contributed by atoms with Gasteiger partial charge in [-0.2, -0.15) is 0 Å². The van der Waals surface area contributed by atoms with Gasteiger partial charge in [-0.25, -0.2) is 9.97 Å². The number of aliphatic hydroxyl groups excluding tert-OH is 1. The Morgan fingerprint density at radius 3 is 2.94 bits per heavy atom. The molecule has 84 valence electrons. The van der Waals surface area contributed by atoms with Crippen molar-refractivity contribution >= 4 is 27.7 Å². The van der Waals surface area contributed by atoms with Crippen molar-refractivity contribution in [2.24, 2.45) is 7.05 Å². The zero-order chi connectivity index (χ0) is 11.5. The molecule has 16 heavy (non-hydrogen) atoms. The number of aliphatic hydroxyl groups is 1. The topological polar surface area (TPSA) is 50.9 Å². The molecule has 0 saturated carbocycles. The molecule has 2 heterocycles. The van der Waals surface area contributed by atoms with Gasteiger partial charge in [0.15, 0.2) is 5.16 Å². The smallest absolute Gasteiger partial charge is 0.174 e. The van der Waals surface area contributed by atoms with E-state index in [4.69, 9.17) is 5.11 Å². The maximum atomic E-state index is 9.06. The first-order chi connectivity index (χ1) is 7.72. The molecule has 0 unspecified atom stereocenters. The van der Waals surface area contributed by atoms with Crippen molar-refractivity contribution in [3.63, 3.8) is 0 Å². The van der Waals surface area contributed by atoms with Crippen molar-refractivity contribution < 1.29 is 5.11 Å². The van der Waals surface area contributed by atoms with Crippen LogP contribution in [-0.2, 0) is 13.7 Å². The Balaban J connectivity index is 2.27. The van der Waals surface area contributed by atoms with Crippen LogP contribution in [0.4, 0.5) is 0 Å². The molecular formula is C10H10BrN3OS. The summed E-state index contributed by atoms with van der Waals surface area (Å²) in [7, 11) is 1.87. The lowest BCUT2D eigenvalue weighted by Crippen LogP contribution is -1.97. The van der Waals surface area contributed by atoms with E-state index in [9.17, 15) is 0 Å². The standard InChI is InChI=1S/C10H10BrN3OS/c1-14-7(6-15)5-13-10(14)16-9-8(11)3-2-4-12-9/h2-5,15H,6H2,1H3. The fourth-order valence-electron chi connectivity index (χ4n) is 1.20. The van der Waals surface area contributed by atoms with Crippen LogP contribution in [0.2, 0.25) is 0 Å². The molecule has 0 radical (unpaired) electrons. The second-order valence-electron chi connectivity index (χ2n) is 3.14. The molecule has 0 aliphatic rings. The van der Waals surface area contributed by atoms with Gasteiger partial charge in [-0.05, 0) is 39.8 Å². The summed E-state index contributed by atoms with van der Waals surface area (Å²) in [6, 6.07) is 3.80. The zero-order valence-corrected chi connectivity index (χ0v) is 11.0. The van der Waals surface area contributed by atoms with E-state index < -0.39 is 0 Å². The summed E-state index contributed by atoms with van der Waals surface area (Å²) in [6.07, 6.45) is 3.40. The Kier molecular flexibility index (Phi) is 3.63. The van der Waals surface area contributed by atoms with E-state index in [1.807, 2.05) is 23.7 Å². The van der Waals surface area contributed by atoms with Crippen molar-refractivity contribution in [2.75, 3.05) is 0 Å². The monoisotopic (exact) mass is 299 g/mol. The van der Waals surface area contributed by atoms with E-state index in [-0.39, 0.29) is 6.61 Å². The lowest BCUT2D eigenvalue weighted by molar-refractivity contribution is 0.271. The van der Waals surface area contributed by atoms with Crippen LogP contribution in [0.3, 0.4) is 0 Å². The minimum absolute atomic E-state index is 0.00650. The Morgan fingerprint density at radius 2 is 2.31 bits per heavy atom. The molecule has 0 aliphatic carbocycles. The maximum absolute atomic E-state index is 9.06. The first-order valence-electron chi connectivity index (χ1n) is 4.62. The SMILES string of the molecule is Cn1c(CO)cnc1Sc1ncccc1Br. The molecule has 0 bridgehead atoms. The quantitative estimate of drug-likeness (QED) is 0.944. The minimum atomic E-state index is -0.00650. The Hall–Kier alpha value is -0.850. The molecule has 4 nitrogen and oxygen atoms in total. The highest BCUT2D eigenvalue weighted by Gasteiger charge is 2.09. The van der Waals surface area contributed by atoms with Gasteiger partial charge in [0.1, 0.15) is 5.03 Å². The molecule has 0 saturated heterocycles. The van der Waals surface area contributed by atoms with Crippen LogP contribution in [0.5, 0.6) is 0 Å². The highest BCUT2D eigenvalue weighted by molar-refractivity contribution is 9.10. The van der Waals surface area contributed by atoms with Gasteiger partial charge in [-0.15, -0.1) is 0 Å². The molecular weight excluding hydrogens is 290 g/mol. The molecule has 0 atom stereocenters. The summed E-state index contributed by atoms with van der Waals surface area (Å²) in [5, 5.41) is 10.7. The highest BCUT2D eigenvalue weighted by atomic mass is 79.9. The normalized spacial score (nSPS) is 10.7. The van der Waals surface area contributed by atoms with Crippen LogP contribution in [0, 0.1) is 0 Å². The average Bonchev–Trinajstić information content (AvgIpc) is 2.63. The minimum Gasteiger partial charge on any atom is -0.390 e. The summed E-state index contributed by atoms with van der Waals surface area (Å²) in [4.78, 5) is 8.48. The summed E-state index contributed by atoms with van der Waals surface area (Å²) >= 11 is 4.89. The second-order valence-corrected chi connectivity index (χ2v) is 4.95. The first kappa shape index (κ1) is 11.6. The number of nitrogens with zero attached hydrogens (tertiary/aromatic N) is 3. The molecule has 0 fully saturated rings. The van der Waals surface area contributed by atoms with E-state index in [0.717, 1.165) is 20.3 Å². The van der Waals surface area contributed by atoms with Gasteiger partial charge in [0.25, 0.3) is 0 Å². The maximum Gasteiger partial charge on any atom is 0.174 e. The first-order valence-corrected chi connectivity index (χ1v) is 6.23. The van der Waals surface area contributed by atoms with Crippen molar-refractivity contribution in [3.8, 4) is 0 Å². The van der Waals surface area contributed by atoms with Crippen LogP contribution in [-0.4, -0.2) is 19.6 Å². The average molecular weight is 300 g/mol. The lowest BCUT2D eigenvalue weighted by Gasteiger charge is -2.04. The molecule has 0 amide bonds. The highest BCUT2D eigenvalue weighted by Crippen LogP contribution is 2.30. The summed E-state index contributed by atoms with van der Waals surface area (Å²) < 4.78 is 2.79. The van der Waals surface area contributed by atoms with Gasteiger partial charge in [0.05, 0.1) is 23.0 Å². The lowest BCUT2D eigenvalue weighted by atomic mass is 10.5. The number of aromatic nitrogens is 3. The van der Waals surface area contributed by atoms with Gasteiger partial charge in [-0.3, -0.25) is 0 Å². The summed E-state index contributed by atoms with van der Waals surface area (Å²) in [5.41, 5.74) is 0.787. The number of rotatable bonds is 3. The number of imidazole rings is 1. The van der Waals surface area contributed by atoms with Crippen LogP contribution < -0.4 is 0 Å². The van der Waals surface area contributed by atoms with Crippen molar-refractivity contribution in [3.05, 3.63) is 34.7 Å². The molecule has 2 aromatic rings. The zero-order valence-electron chi connectivity index (χ0n) is 8.59. The summed E-state index contributed by atoms with van der Waals surface area (Å²) in [5.74, 6) is 0. The van der Waals surface area contributed by atoms with Crippen LogP contribution >= 0.6 is 27.7 Å². The van der Waals surface area contributed by atoms with Gasteiger partial charge >= 0.3 is 0 Å². The van der Waals surface area contributed by atoms with Crippen LogP contribution in [0.1, 0.15) is 5.69 Å². The summed E-state index contributed by atoms with van der Waals surface area (Å²) in [6.45, 7) is -0.00650. The predicted molar refractivity (Wildman–Crippen MR) is 65.2 cm³/mol. The van der Waals surface area contributed by atoms with Crippen LogP contribution in [0.15, 0.2) is 39.2 Å². The van der Waals surface area contributed by atoms with Crippen molar-refractivity contribution in [1.82, 2.24) is 14.5 Å². The number of halogens is 1. The van der Waals surface area contributed by atoms with E-state index >= 15 is 0 Å². The van der Waals surface area contributed by atoms with Crippen molar-refractivity contribution in [2.45, 2.75) is 16.8 Å². The van der Waals surface area contributed by atoms with Gasteiger partial charge in [-0.1, -0.05) is 0 Å². The molecule has 0 spiro atoms. The Labute approximate surface area is 106 Å². The third-order valence-corrected chi connectivity index (χ3v) is 4.10. The van der Waals surface area contributed by atoms with E-state index in [2.05, 4.69) is 25.9 Å². The van der Waals surface area contributed by atoms with Gasteiger partial charge in [0.2, 0.25) is 0 Å². The predicted octanol–water partition coefficient (Wildman–Crippen LogP) is 2.22. The Bertz CT molecular complexity index is 501. The fraction of sp³-hybridized carbons (Fsp3) is 0.200. The van der Waals surface area contributed by atoms with Crippen molar-refractivity contribution in [1.29, 1.82) is 0 Å². The van der Waals surface area contributed by atoms with Gasteiger partial charge < -0.3 is 9.67 Å². The molecule has 2 rings (SSSR count). The molecule has 6 heteroatoms. The Morgan fingerprint density at radius 1 is 1.50 bits per heavy atom. The largest absolute Gasteiger partial charge is 0.390 e. The molecule has 1 N–H and O–H groups in total. The molecule has 2 aromatic heterocycles. The molecule has 0 aliphatic heterocycles. The third-order valence-electron chi connectivity index (χ3n) is 2.12. The number of hydrogen-bond acceptors (Lipinski definition) is 4.